The molecule has 1 aromatic carbocycles. The highest BCUT2D eigenvalue weighted by Gasteiger charge is 2.18. The van der Waals surface area contributed by atoms with Crippen LogP contribution >= 0.6 is 11.3 Å². The van der Waals surface area contributed by atoms with Gasteiger partial charge in [0.05, 0.1) is 5.69 Å². The van der Waals surface area contributed by atoms with E-state index in [9.17, 15) is 4.79 Å². The van der Waals surface area contributed by atoms with Gasteiger partial charge in [0.2, 0.25) is 0 Å². The predicted molar refractivity (Wildman–Crippen MR) is 98.3 cm³/mol. The Balaban J connectivity index is 1.56. The van der Waals surface area contributed by atoms with Gasteiger partial charge in [-0.05, 0) is 38.3 Å². The lowest BCUT2D eigenvalue weighted by atomic mass is 10.00. The highest BCUT2D eigenvalue weighted by Crippen LogP contribution is 2.22. The quantitative estimate of drug-likeness (QED) is 0.894. The molecule has 2 N–H and O–H groups in total. The van der Waals surface area contributed by atoms with E-state index < -0.39 is 0 Å². The maximum atomic E-state index is 11.9. The zero-order valence-corrected chi connectivity index (χ0v) is 15.2. The summed E-state index contributed by atoms with van der Waals surface area (Å²) in [6, 6.07) is 8.41. The molecule has 0 saturated heterocycles. The van der Waals surface area contributed by atoms with Crippen molar-refractivity contribution < 1.29 is 4.79 Å². The van der Waals surface area contributed by atoms with Gasteiger partial charge in [-0.3, -0.25) is 10.2 Å². The molecule has 1 aromatic heterocycles. The molecule has 5 nitrogen and oxygen atoms in total. The molecule has 1 aliphatic rings. The molecule has 2 amide bonds. The van der Waals surface area contributed by atoms with E-state index in [1.165, 1.54) is 22.5 Å². The van der Waals surface area contributed by atoms with Crippen molar-refractivity contribution in [3.63, 3.8) is 0 Å². The lowest BCUT2D eigenvalue weighted by Crippen LogP contribution is -2.43. The van der Waals surface area contributed by atoms with Crippen LogP contribution in [0.25, 0.3) is 0 Å². The summed E-state index contributed by atoms with van der Waals surface area (Å²) in [5.41, 5.74) is 3.60. The van der Waals surface area contributed by atoms with E-state index >= 15 is 0 Å². The molecular formula is C18H24N4OS. The van der Waals surface area contributed by atoms with Gasteiger partial charge in [-0.1, -0.05) is 24.3 Å². The third-order valence-corrected chi connectivity index (χ3v) is 4.66. The van der Waals surface area contributed by atoms with Crippen LogP contribution in [0.2, 0.25) is 0 Å². The van der Waals surface area contributed by atoms with Gasteiger partial charge in [-0.25, -0.2) is 9.78 Å². The van der Waals surface area contributed by atoms with Crippen LogP contribution in [0, 0.1) is 0 Å². The van der Waals surface area contributed by atoms with E-state index in [0.717, 1.165) is 31.7 Å². The Morgan fingerprint density at radius 1 is 1.29 bits per heavy atom. The molecule has 0 bridgehead atoms. The number of nitrogens with zero attached hydrogens (tertiary/aromatic N) is 2. The zero-order valence-electron chi connectivity index (χ0n) is 14.4. The Bertz CT molecular complexity index is 720. The number of amides is 2. The fraction of sp³-hybridized carbons (Fsp3) is 0.444. The molecule has 6 heteroatoms. The topological polar surface area (TPSA) is 57.3 Å². The Kier molecular flexibility index (Phi) is 4.87. The highest BCUT2D eigenvalue weighted by atomic mass is 32.1. The minimum Gasteiger partial charge on any atom is -0.333 e. The van der Waals surface area contributed by atoms with Crippen molar-refractivity contribution in [1.29, 1.82) is 0 Å². The predicted octanol–water partition coefficient (Wildman–Crippen LogP) is 3.62. The number of carbonyl (C=O) groups is 1. The van der Waals surface area contributed by atoms with Crippen LogP contribution in [0.5, 0.6) is 0 Å². The largest absolute Gasteiger partial charge is 0.333 e. The number of fused-ring (bicyclic) bond motifs is 1. The summed E-state index contributed by atoms with van der Waals surface area (Å²) in [6.45, 7) is 8.67. The van der Waals surface area contributed by atoms with Gasteiger partial charge in [0.15, 0.2) is 5.13 Å². The van der Waals surface area contributed by atoms with Gasteiger partial charge in [-0.2, -0.15) is 0 Å². The Morgan fingerprint density at radius 3 is 2.79 bits per heavy atom. The lowest BCUT2D eigenvalue weighted by Gasteiger charge is -2.27. The number of nitrogens with one attached hydrogen (secondary N) is 2. The van der Waals surface area contributed by atoms with Crippen LogP contribution in [0.4, 0.5) is 9.93 Å². The summed E-state index contributed by atoms with van der Waals surface area (Å²) in [7, 11) is 0. The van der Waals surface area contributed by atoms with Crippen molar-refractivity contribution in [3.05, 3.63) is 46.5 Å². The fourth-order valence-electron chi connectivity index (χ4n) is 2.82. The number of hydrogen-bond acceptors (Lipinski definition) is 4. The van der Waals surface area contributed by atoms with E-state index in [1.807, 2.05) is 26.2 Å². The molecule has 0 fully saturated rings. The molecule has 0 spiro atoms. The number of hydrogen-bond donors (Lipinski definition) is 2. The molecule has 0 aliphatic carbocycles. The van der Waals surface area contributed by atoms with Gasteiger partial charge in [0, 0.05) is 30.6 Å². The van der Waals surface area contributed by atoms with Gasteiger partial charge < -0.3 is 5.32 Å². The van der Waals surface area contributed by atoms with E-state index in [-0.39, 0.29) is 11.6 Å². The molecule has 2 aromatic rings. The first-order valence-corrected chi connectivity index (χ1v) is 9.10. The van der Waals surface area contributed by atoms with Crippen molar-refractivity contribution >= 4 is 22.5 Å². The number of carbonyl (C=O) groups excluding carboxylic acids is 1. The molecule has 0 atom stereocenters. The minimum absolute atomic E-state index is 0.213. The van der Waals surface area contributed by atoms with Crippen molar-refractivity contribution in [2.24, 2.45) is 0 Å². The lowest BCUT2D eigenvalue weighted by molar-refractivity contribution is 0.242. The molecule has 2 heterocycles. The number of benzene rings is 1. The smallest absolute Gasteiger partial charge is 0.321 e. The Morgan fingerprint density at radius 2 is 2.04 bits per heavy atom. The minimum atomic E-state index is -0.259. The van der Waals surface area contributed by atoms with Gasteiger partial charge in [0.25, 0.3) is 0 Å². The summed E-state index contributed by atoms with van der Waals surface area (Å²) in [5, 5.41) is 8.35. The summed E-state index contributed by atoms with van der Waals surface area (Å²) >= 11 is 1.47. The summed E-state index contributed by atoms with van der Waals surface area (Å²) in [4.78, 5) is 18.8. The Labute approximate surface area is 147 Å². The molecule has 0 unspecified atom stereocenters. The average Bonchev–Trinajstić information content (AvgIpc) is 2.92. The fourth-order valence-corrected chi connectivity index (χ4v) is 3.52. The number of urea groups is 1. The number of thiazole rings is 1. The van der Waals surface area contributed by atoms with E-state index in [4.69, 9.17) is 0 Å². The molecular weight excluding hydrogens is 320 g/mol. The highest BCUT2D eigenvalue weighted by molar-refractivity contribution is 7.13. The third kappa shape index (κ3) is 4.55. The second-order valence-corrected chi connectivity index (χ2v) is 8.06. The van der Waals surface area contributed by atoms with Crippen molar-refractivity contribution in [2.75, 3.05) is 11.9 Å². The number of anilines is 1. The van der Waals surface area contributed by atoms with Crippen LogP contribution in [0.3, 0.4) is 0 Å². The molecule has 0 radical (unpaired) electrons. The van der Waals surface area contributed by atoms with Gasteiger partial charge in [0.1, 0.15) is 0 Å². The van der Waals surface area contributed by atoms with Crippen molar-refractivity contribution in [1.82, 2.24) is 15.2 Å². The van der Waals surface area contributed by atoms with E-state index in [0.29, 0.717) is 5.13 Å². The van der Waals surface area contributed by atoms with Crippen molar-refractivity contribution in [2.45, 2.75) is 45.8 Å². The molecule has 128 valence electrons. The third-order valence-electron chi connectivity index (χ3n) is 3.86. The zero-order chi connectivity index (χ0) is 17.2. The number of aromatic nitrogens is 1. The first kappa shape index (κ1) is 16.9. The summed E-state index contributed by atoms with van der Waals surface area (Å²) < 4.78 is 0. The Hall–Kier alpha value is -1.92. The van der Waals surface area contributed by atoms with Crippen LogP contribution in [0.1, 0.15) is 37.6 Å². The van der Waals surface area contributed by atoms with Crippen LogP contribution in [-0.2, 0) is 19.5 Å². The molecule has 24 heavy (non-hydrogen) atoms. The van der Waals surface area contributed by atoms with Crippen LogP contribution in [-0.4, -0.2) is 28.0 Å². The number of rotatable bonds is 3. The molecule has 0 saturated carbocycles. The maximum Gasteiger partial charge on any atom is 0.321 e. The molecule has 1 aliphatic heterocycles. The van der Waals surface area contributed by atoms with E-state index in [2.05, 4.69) is 44.8 Å². The second-order valence-electron chi connectivity index (χ2n) is 7.20. The summed E-state index contributed by atoms with van der Waals surface area (Å²) in [6.07, 6.45) is 1.08. The first-order chi connectivity index (χ1) is 11.4. The molecule has 3 rings (SSSR count). The monoisotopic (exact) mass is 344 g/mol. The van der Waals surface area contributed by atoms with E-state index in [1.54, 1.807) is 0 Å². The average molecular weight is 344 g/mol. The van der Waals surface area contributed by atoms with Gasteiger partial charge >= 0.3 is 6.03 Å². The summed E-state index contributed by atoms with van der Waals surface area (Å²) in [5.74, 6) is 0. The van der Waals surface area contributed by atoms with Crippen molar-refractivity contribution in [3.8, 4) is 0 Å². The van der Waals surface area contributed by atoms with Crippen LogP contribution in [0.15, 0.2) is 29.6 Å². The van der Waals surface area contributed by atoms with Gasteiger partial charge in [-0.15, -0.1) is 11.3 Å². The first-order valence-electron chi connectivity index (χ1n) is 8.22. The normalized spacial score (nSPS) is 15.0. The standard InChI is InChI=1S/C18H24N4OS/c1-18(2,3)21-16(23)20-17-19-15(12-24-17)11-22-9-8-13-6-4-5-7-14(13)10-22/h4-7,12H,8-11H2,1-3H3,(H2,19,20,21,23). The SMILES string of the molecule is CC(C)(C)NC(=O)Nc1nc(CN2CCc3ccccc3C2)cs1. The maximum absolute atomic E-state index is 11.9. The van der Waals surface area contributed by atoms with Crippen LogP contribution < -0.4 is 10.6 Å². The second kappa shape index (κ2) is 6.91.